The van der Waals surface area contributed by atoms with Crippen molar-refractivity contribution < 1.29 is 24.2 Å². The summed E-state index contributed by atoms with van der Waals surface area (Å²) in [7, 11) is 0. The molecule has 1 heterocycles. The Balaban J connectivity index is 1.50. The van der Waals surface area contributed by atoms with Crippen LogP contribution in [-0.4, -0.2) is 48.6 Å². The van der Waals surface area contributed by atoms with Crippen molar-refractivity contribution in [3.63, 3.8) is 0 Å². The Morgan fingerprint density at radius 1 is 1.05 bits per heavy atom. The number of rotatable bonds is 10. The Hall–Kier alpha value is -3.88. The molecule has 2 atom stereocenters. The van der Waals surface area contributed by atoms with Crippen molar-refractivity contribution in [1.82, 2.24) is 5.32 Å². The first-order chi connectivity index (χ1) is 18.8. The molecule has 0 spiro atoms. The van der Waals surface area contributed by atoms with Crippen LogP contribution in [0, 0.1) is 0 Å². The molecule has 9 heteroatoms. The van der Waals surface area contributed by atoms with Crippen LogP contribution in [0.5, 0.6) is 5.75 Å². The number of para-hydroxylation sites is 1. The van der Waals surface area contributed by atoms with Crippen LogP contribution in [0.15, 0.2) is 72.8 Å². The highest BCUT2D eigenvalue weighted by molar-refractivity contribution is 6.30. The van der Waals surface area contributed by atoms with Gasteiger partial charge in [-0.3, -0.25) is 14.4 Å². The molecule has 8 nitrogen and oxygen atoms in total. The van der Waals surface area contributed by atoms with Gasteiger partial charge in [-0.2, -0.15) is 0 Å². The summed E-state index contributed by atoms with van der Waals surface area (Å²) in [6, 6.07) is 21.6. The van der Waals surface area contributed by atoms with E-state index < -0.39 is 5.97 Å². The first-order valence-electron chi connectivity index (χ1n) is 12.9. The van der Waals surface area contributed by atoms with Gasteiger partial charge in [0.2, 0.25) is 5.91 Å². The summed E-state index contributed by atoms with van der Waals surface area (Å²) >= 11 is 6.08. The van der Waals surface area contributed by atoms with Crippen LogP contribution < -0.4 is 19.9 Å². The average molecular weight is 550 g/mol. The third-order valence-corrected chi connectivity index (χ3v) is 6.93. The summed E-state index contributed by atoms with van der Waals surface area (Å²) < 4.78 is 5.72. The number of benzene rings is 3. The quantitative estimate of drug-likeness (QED) is 0.332. The van der Waals surface area contributed by atoms with Gasteiger partial charge >= 0.3 is 5.97 Å². The van der Waals surface area contributed by atoms with Crippen LogP contribution in [0.25, 0.3) is 0 Å². The molecule has 1 aliphatic rings. The van der Waals surface area contributed by atoms with E-state index in [0.717, 1.165) is 16.9 Å². The second-order valence-electron chi connectivity index (χ2n) is 9.50. The fraction of sp³-hybridized carbons (Fsp3) is 0.300. The fourth-order valence-corrected chi connectivity index (χ4v) is 5.06. The van der Waals surface area contributed by atoms with Gasteiger partial charge in [0.15, 0.2) is 0 Å². The molecule has 0 aliphatic carbocycles. The Morgan fingerprint density at radius 3 is 2.41 bits per heavy atom. The number of amides is 2. The normalized spacial score (nSPS) is 16.3. The predicted octanol–water partition coefficient (Wildman–Crippen LogP) is 5.32. The Labute approximate surface area is 233 Å². The summed E-state index contributed by atoms with van der Waals surface area (Å²) in [6.07, 6.45) is 1.23. The predicted molar refractivity (Wildman–Crippen MR) is 152 cm³/mol. The zero-order valence-electron chi connectivity index (χ0n) is 22.0. The minimum absolute atomic E-state index is 0.0798. The highest BCUT2D eigenvalue weighted by Crippen LogP contribution is 2.42. The van der Waals surface area contributed by atoms with Gasteiger partial charge in [0, 0.05) is 34.9 Å². The molecule has 3 aromatic rings. The van der Waals surface area contributed by atoms with Crippen LogP contribution in [0.1, 0.15) is 48.7 Å². The zero-order valence-corrected chi connectivity index (χ0v) is 22.7. The Bertz CT molecular complexity index is 1310. The maximum atomic E-state index is 13.7. The minimum Gasteiger partial charge on any atom is -0.494 e. The van der Waals surface area contributed by atoms with E-state index in [1.807, 2.05) is 43.3 Å². The second-order valence-corrected chi connectivity index (χ2v) is 9.93. The van der Waals surface area contributed by atoms with E-state index in [1.165, 1.54) is 0 Å². The third kappa shape index (κ3) is 6.77. The van der Waals surface area contributed by atoms with Gasteiger partial charge in [0.25, 0.3) is 5.91 Å². The van der Waals surface area contributed by atoms with Gasteiger partial charge in [-0.15, -0.1) is 0 Å². The van der Waals surface area contributed by atoms with Crippen LogP contribution in [0.2, 0.25) is 5.02 Å². The average Bonchev–Trinajstić information content (AvgIpc) is 2.91. The van der Waals surface area contributed by atoms with Gasteiger partial charge in [0.05, 0.1) is 19.2 Å². The van der Waals surface area contributed by atoms with Gasteiger partial charge in [0.1, 0.15) is 5.75 Å². The third-order valence-electron chi connectivity index (χ3n) is 6.68. The maximum absolute atomic E-state index is 13.7. The summed E-state index contributed by atoms with van der Waals surface area (Å²) in [5.74, 6) is -0.469. The fourth-order valence-electron chi connectivity index (χ4n) is 4.93. The maximum Gasteiger partial charge on any atom is 0.317 e. The molecule has 1 aliphatic heterocycles. The van der Waals surface area contributed by atoms with Crippen LogP contribution in [0.4, 0.5) is 11.4 Å². The summed E-state index contributed by atoms with van der Waals surface area (Å²) in [5.41, 5.74) is 2.98. The minimum atomic E-state index is -0.893. The van der Waals surface area contributed by atoms with E-state index in [9.17, 15) is 14.4 Å². The SMILES string of the molecule is CC(=O)N(c1ccc(Cl)cc1)[C@@H]1C[C@H](C)N(C(=O)c2ccc(OCCCNCC(=O)O)cc2)c2ccccc21. The van der Waals surface area contributed by atoms with Crippen LogP contribution in [0.3, 0.4) is 0 Å². The van der Waals surface area contributed by atoms with Crippen molar-refractivity contribution in [3.8, 4) is 5.75 Å². The number of carboxylic acid groups (broad SMARTS) is 1. The molecular formula is C30H32ClN3O5. The van der Waals surface area contributed by atoms with Crippen molar-refractivity contribution in [2.24, 2.45) is 0 Å². The lowest BCUT2D eigenvalue weighted by Gasteiger charge is -2.43. The van der Waals surface area contributed by atoms with Crippen molar-refractivity contribution in [1.29, 1.82) is 0 Å². The molecule has 204 valence electrons. The molecule has 0 saturated heterocycles. The highest BCUT2D eigenvalue weighted by Gasteiger charge is 2.38. The number of hydrogen-bond acceptors (Lipinski definition) is 5. The molecule has 0 saturated carbocycles. The summed E-state index contributed by atoms with van der Waals surface area (Å²) in [5, 5.41) is 12.1. The number of halogens is 1. The Morgan fingerprint density at radius 2 is 1.74 bits per heavy atom. The zero-order chi connectivity index (χ0) is 27.9. The topological polar surface area (TPSA) is 99.2 Å². The number of carboxylic acids is 1. The molecule has 39 heavy (non-hydrogen) atoms. The van der Waals surface area contributed by atoms with Crippen molar-refractivity contribution in [3.05, 3.63) is 88.9 Å². The lowest BCUT2D eigenvalue weighted by atomic mass is 9.89. The number of aliphatic carboxylic acids is 1. The number of carbonyl (C=O) groups is 3. The van der Waals surface area contributed by atoms with Gasteiger partial charge in [-0.1, -0.05) is 29.8 Å². The van der Waals surface area contributed by atoms with E-state index >= 15 is 0 Å². The molecule has 0 radical (unpaired) electrons. The standard InChI is InChI=1S/C30H32ClN3O5/c1-20-18-28(34(21(2)35)24-12-10-23(31)11-13-24)26-6-3-4-7-27(26)33(20)30(38)22-8-14-25(15-9-22)39-17-5-16-32-19-29(36)37/h3-4,6-15,20,28,32H,5,16-19H2,1-2H3,(H,36,37)/t20-,28+/m0/s1. The first kappa shape index (κ1) is 28.1. The molecular weight excluding hydrogens is 518 g/mol. The lowest BCUT2D eigenvalue weighted by molar-refractivity contribution is -0.136. The molecule has 0 fully saturated rings. The number of hydrogen-bond donors (Lipinski definition) is 2. The van der Waals surface area contributed by atoms with E-state index in [-0.39, 0.29) is 30.4 Å². The van der Waals surface area contributed by atoms with E-state index in [4.69, 9.17) is 21.4 Å². The smallest absolute Gasteiger partial charge is 0.317 e. The second kappa shape index (κ2) is 12.8. The van der Waals surface area contributed by atoms with Crippen LogP contribution >= 0.6 is 11.6 Å². The molecule has 2 amide bonds. The summed E-state index contributed by atoms with van der Waals surface area (Å²) in [4.78, 5) is 40.7. The molecule has 0 unspecified atom stereocenters. The largest absolute Gasteiger partial charge is 0.494 e. The number of ether oxygens (including phenoxy) is 1. The molecule has 4 rings (SSSR count). The number of anilines is 2. The number of nitrogens with one attached hydrogen (secondary N) is 1. The van der Waals surface area contributed by atoms with Crippen molar-refractivity contribution in [2.45, 2.75) is 38.8 Å². The van der Waals surface area contributed by atoms with Gasteiger partial charge in [-0.05, 0) is 86.5 Å². The van der Waals surface area contributed by atoms with E-state index in [2.05, 4.69) is 5.32 Å². The molecule has 2 N–H and O–H groups in total. The highest BCUT2D eigenvalue weighted by atomic mass is 35.5. The van der Waals surface area contributed by atoms with Gasteiger partial charge < -0.3 is 25.0 Å². The first-order valence-corrected chi connectivity index (χ1v) is 13.3. The molecule has 0 bridgehead atoms. The monoisotopic (exact) mass is 549 g/mol. The van der Waals surface area contributed by atoms with Gasteiger partial charge in [-0.25, -0.2) is 0 Å². The summed E-state index contributed by atoms with van der Waals surface area (Å²) in [6.45, 7) is 4.43. The molecule has 3 aromatic carbocycles. The van der Waals surface area contributed by atoms with Crippen molar-refractivity contribution >= 4 is 40.8 Å². The number of nitrogens with zero attached hydrogens (tertiary/aromatic N) is 2. The molecule has 0 aromatic heterocycles. The Kier molecular flexibility index (Phi) is 9.22. The van der Waals surface area contributed by atoms with Crippen LogP contribution in [-0.2, 0) is 9.59 Å². The number of carbonyl (C=O) groups excluding carboxylic acids is 2. The van der Waals surface area contributed by atoms with E-state index in [0.29, 0.717) is 42.3 Å². The van der Waals surface area contributed by atoms with E-state index in [1.54, 1.807) is 53.1 Å². The van der Waals surface area contributed by atoms with Crippen molar-refractivity contribution in [2.75, 3.05) is 29.5 Å². The lowest BCUT2D eigenvalue weighted by Crippen LogP contribution is -2.47. The number of fused-ring (bicyclic) bond motifs is 1.